The Labute approximate surface area is 201 Å². The van der Waals surface area contributed by atoms with Gasteiger partial charge in [-0.2, -0.15) is 0 Å². The van der Waals surface area contributed by atoms with Crippen LogP contribution in [0.15, 0.2) is 48.5 Å². The number of carboxylic acids is 1. The maximum Gasteiger partial charge on any atom is 0.407 e. The summed E-state index contributed by atoms with van der Waals surface area (Å²) < 4.78 is 5.58. The second kappa shape index (κ2) is 11.7. The lowest BCUT2D eigenvalue weighted by atomic mass is 9.98. The quantitative estimate of drug-likeness (QED) is 0.502. The van der Waals surface area contributed by atoms with Crippen molar-refractivity contribution in [3.8, 4) is 11.1 Å². The summed E-state index contributed by atoms with van der Waals surface area (Å²) in [4.78, 5) is 38.2. The van der Waals surface area contributed by atoms with Crippen molar-refractivity contribution in [3.05, 3.63) is 59.7 Å². The monoisotopic (exact) mass is 466 g/mol. The Morgan fingerprint density at radius 1 is 1.03 bits per heavy atom. The molecule has 2 aromatic rings. The van der Waals surface area contributed by atoms with Gasteiger partial charge in [0.05, 0.1) is 12.3 Å². The molecule has 0 fully saturated rings. The molecule has 1 unspecified atom stereocenters. The topological polar surface area (TPSA) is 95.9 Å². The zero-order valence-corrected chi connectivity index (χ0v) is 20.1. The molecular weight excluding hydrogens is 432 g/mol. The van der Waals surface area contributed by atoms with Crippen molar-refractivity contribution in [2.24, 2.45) is 5.92 Å². The van der Waals surface area contributed by atoms with Gasteiger partial charge in [-0.1, -0.05) is 61.9 Å². The highest BCUT2D eigenvalue weighted by Gasteiger charge is 2.30. The first kappa shape index (κ1) is 25.3. The maximum absolute atomic E-state index is 13.1. The van der Waals surface area contributed by atoms with Gasteiger partial charge in [0.15, 0.2) is 0 Å². The van der Waals surface area contributed by atoms with Crippen molar-refractivity contribution >= 4 is 18.0 Å². The Bertz CT molecular complexity index is 974. The number of alkyl carbamates (subject to hydrolysis) is 1. The number of carbonyl (C=O) groups excluding carboxylic acids is 2. The largest absolute Gasteiger partial charge is 0.481 e. The minimum atomic E-state index is -0.942. The van der Waals surface area contributed by atoms with Crippen molar-refractivity contribution in [2.75, 3.05) is 19.7 Å². The molecule has 2 N–H and O–H groups in total. The molecule has 3 rings (SSSR count). The maximum atomic E-state index is 13.1. The minimum Gasteiger partial charge on any atom is -0.481 e. The minimum absolute atomic E-state index is 0.0290. The lowest BCUT2D eigenvalue weighted by molar-refractivity contribution is -0.140. The molecule has 0 saturated carbocycles. The highest BCUT2D eigenvalue weighted by atomic mass is 16.5. The van der Waals surface area contributed by atoms with Crippen molar-refractivity contribution in [1.82, 2.24) is 10.2 Å². The third kappa shape index (κ3) is 5.95. The molecule has 182 valence electrons. The number of amides is 2. The zero-order valence-electron chi connectivity index (χ0n) is 20.1. The number of carbonyl (C=O) groups is 3. The average Bonchev–Trinajstić information content (AvgIpc) is 3.13. The molecule has 1 atom stereocenters. The summed E-state index contributed by atoms with van der Waals surface area (Å²) in [5.41, 5.74) is 4.61. The van der Waals surface area contributed by atoms with E-state index >= 15 is 0 Å². The van der Waals surface area contributed by atoms with E-state index in [-0.39, 0.29) is 44.0 Å². The van der Waals surface area contributed by atoms with Gasteiger partial charge in [-0.25, -0.2) is 4.79 Å². The van der Waals surface area contributed by atoms with E-state index in [1.807, 2.05) is 45.0 Å². The average molecular weight is 467 g/mol. The Kier molecular flexibility index (Phi) is 8.68. The van der Waals surface area contributed by atoms with E-state index in [4.69, 9.17) is 9.84 Å². The summed E-state index contributed by atoms with van der Waals surface area (Å²) in [5, 5.41) is 11.8. The molecule has 7 nitrogen and oxygen atoms in total. The summed E-state index contributed by atoms with van der Waals surface area (Å²) in [6.45, 7) is 6.22. The van der Waals surface area contributed by atoms with E-state index in [1.165, 1.54) is 0 Å². The van der Waals surface area contributed by atoms with E-state index < -0.39 is 18.0 Å². The highest BCUT2D eigenvalue weighted by molar-refractivity contribution is 5.81. The molecule has 0 bridgehead atoms. The van der Waals surface area contributed by atoms with E-state index in [0.29, 0.717) is 6.42 Å². The predicted molar refractivity (Wildman–Crippen MR) is 131 cm³/mol. The Morgan fingerprint density at radius 3 is 2.15 bits per heavy atom. The van der Waals surface area contributed by atoms with Crippen molar-refractivity contribution < 1.29 is 24.2 Å². The normalized spacial score (nSPS) is 13.2. The first-order chi connectivity index (χ1) is 16.3. The fourth-order valence-corrected chi connectivity index (χ4v) is 4.59. The van der Waals surface area contributed by atoms with Crippen LogP contribution in [-0.2, 0) is 14.3 Å². The second-order valence-corrected chi connectivity index (χ2v) is 8.96. The molecule has 1 aliphatic rings. The second-order valence-electron chi connectivity index (χ2n) is 8.96. The van der Waals surface area contributed by atoms with E-state index in [1.54, 1.807) is 4.90 Å². The van der Waals surface area contributed by atoms with Crippen LogP contribution in [0.1, 0.15) is 57.1 Å². The Balaban J connectivity index is 1.60. The molecule has 0 saturated heterocycles. The first-order valence-corrected chi connectivity index (χ1v) is 11.9. The molecule has 1 aliphatic carbocycles. The molecular formula is C27H34N2O5. The highest BCUT2D eigenvalue weighted by Crippen LogP contribution is 2.44. The van der Waals surface area contributed by atoms with Crippen molar-refractivity contribution in [3.63, 3.8) is 0 Å². The number of hydrogen-bond acceptors (Lipinski definition) is 4. The smallest absolute Gasteiger partial charge is 0.407 e. The first-order valence-electron chi connectivity index (χ1n) is 11.9. The van der Waals surface area contributed by atoms with Crippen LogP contribution in [0.25, 0.3) is 11.1 Å². The summed E-state index contributed by atoms with van der Waals surface area (Å²) >= 11 is 0. The van der Waals surface area contributed by atoms with E-state index in [9.17, 15) is 14.4 Å². The van der Waals surface area contributed by atoms with Crippen molar-refractivity contribution in [2.45, 2.75) is 52.0 Å². The van der Waals surface area contributed by atoms with E-state index in [2.05, 4.69) is 29.6 Å². The number of hydrogen-bond donors (Lipinski definition) is 2. The zero-order chi connectivity index (χ0) is 24.7. The number of aliphatic carboxylic acids is 1. The fraction of sp³-hybridized carbons (Fsp3) is 0.444. The van der Waals surface area contributed by atoms with Gasteiger partial charge in [0.25, 0.3) is 0 Å². The van der Waals surface area contributed by atoms with Crippen LogP contribution in [-0.4, -0.2) is 53.7 Å². The van der Waals surface area contributed by atoms with Crippen LogP contribution in [0.2, 0.25) is 0 Å². The molecule has 0 aliphatic heterocycles. The Hall–Kier alpha value is -3.35. The van der Waals surface area contributed by atoms with Gasteiger partial charge in [-0.05, 0) is 42.5 Å². The Morgan fingerprint density at radius 2 is 1.62 bits per heavy atom. The lowest BCUT2D eigenvalue weighted by Crippen LogP contribution is -2.45. The number of nitrogens with one attached hydrogen (secondary N) is 1. The van der Waals surface area contributed by atoms with Gasteiger partial charge >= 0.3 is 12.1 Å². The fourth-order valence-electron chi connectivity index (χ4n) is 4.59. The van der Waals surface area contributed by atoms with Crippen molar-refractivity contribution in [1.29, 1.82) is 0 Å². The number of fused-ring (bicyclic) bond motifs is 3. The summed E-state index contributed by atoms with van der Waals surface area (Å²) in [7, 11) is 0. The molecule has 2 amide bonds. The molecule has 34 heavy (non-hydrogen) atoms. The number of nitrogens with zero attached hydrogens (tertiary/aromatic N) is 1. The molecule has 0 heterocycles. The van der Waals surface area contributed by atoms with Gasteiger partial charge in [0, 0.05) is 25.0 Å². The molecule has 2 aromatic carbocycles. The van der Waals surface area contributed by atoms with Crippen LogP contribution >= 0.6 is 0 Å². The van der Waals surface area contributed by atoms with Crippen LogP contribution in [0.4, 0.5) is 4.79 Å². The number of rotatable bonds is 11. The van der Waals surface area contributed by atoms with E-state index in [0.717, 1.165) is 28.7 Å². The SMILES string of the molecule is CCCC(CNC(=O)OCC1c2ccccc2-c2ccccc21)C(=O)N(CCC(=O)O)C(C)C. The summed E-state index contributed by atoms with van der Waals surface area (Å²) in [5.74, 6) is -1.54. The van der Waals surface area contributed by atoms with Crippen LogP contribution in [0.3, 0.4) is 0 Å². The van der Waals surface area contributed by atoms with Crippen LogP contribution in [0, 0.1) is 5.92 Å². The van der Waals surface area contributed by atoms with Gasteiger partial charge < -0.3 is 20.1 Å². The van der Waals surface area contributed by atoms with Crippen LogP contribution in [0.5, 0.6) is 0 Å². The number of benzene rings is 2. The summed E-state index contributed by atoms with van der Waals surface area (Å²) in [6.07, 6.45) is 0.701. The number of carboxylic acid groups (broad SMARTS) is 1. The molecule has 0 spiro atoms. The van der Waals surface area contributed by atoms with Crippen LogP contribution < -0.4 is 5.32 Å². The summed E-state index contributed by atoms with van der Waals surface area (Å²) in [6, 6.07) is 16.2. The molecule has 0 radical (unpaired) electrons. The third-order valence-electron chi connectivity index (χ3n) is 6.30. The lowest BCUT2D eigenvalue weighted by Gasteiger charge is -2.30. The standard InChI is InChI=1S/C27H34N2O5/c1-4-9-19(26(32)29(18(2)3)15-14-25(30)31)16-28-27(33)34-17-24-22-12-7-5-10-20(22)21-11-6-8-13-23(21)24/h5-8,10-13,18-19,24H,4,9,14-17H2,1-3H3,(H,28,33)(H,30,31). The molecule has 0 aromatic heterocycles. The van der Waals surface area contributed by atoms with Gasteiger partial charge in [-0.3, -0.25) is 9.59 Å². The third-order valence-corrected chi connectivity index (χ3v) is 6.30. The van der Waals surface area contributed by atoms with Gasteiger partial charge in [0.1, 0.15) is 6.61 Å². The van der Waals surface area contributed by atoms with Gasteiger partial charge in [0.2, 0.25) is 5.91 Å². The van der Waals surface area contributed by atoms with Gasteiger partial charge in [-0.15, -0.1) is 0 Å². The predicted octanol–water partition coefficient (Wildman–Crippen LogP) is 4.65. The number of ether oxygens (including phenoxy) is 1. The molecule has 7 heteroatoms.